The van der Waals surface area contributed by atoms with E-state index in [0.717, 1.165) is 11.3 Å². The molecule has 0 aliphatic carbocycles. The second-order valence-electron chi connectivity index (χ2n) is 4.31. The zero-order valence-corrected chi connectivity index (χ0v) is 11.8. The van der Waals surface area contributed by atoms with E-state index in [2.05, 4.69) is 55.2 Å². The first-order valence-corrected chi connectivity index (χ1v) is 7.24. The first kappa shape index (κ1) is 13.7. The number of rotatable bonds is 3. The molecular formula is C17H17NS. The van der Waals surface area contributed by atoms with Crippen molar-refractivity contribution in [3.05, 3.63) is 65.2 Å². The molecule has 0 atom stereocenters. The van der Waals surface area contributed by atoms with E-state index in [1.54, 1.807) is 0 Å². The third-order valence-electron chi connectivity index (χ3n) is 2.69. The van der Waals surface area contributed by atoms with Gasteiger partial charge in [-0.3, -0.25) is 0 Å². The average Bonchev–Trinajstić information content (AvgIpc) is 2.45. The van der Waals surface area contributed by atoms with Gasteiger partial charge in [-0.25, -0.2) is 0 Å². The van der Waals surface area contributed by atoms with E-state index >= 15 is 0 Å². The molecule has 0 radical (unpaired) electrons. The van der Waals surface area contributed by atoms with Crippen LogP contribution >= 0.6 is 11.8 Å². The van der Waals surface area contributed by atoms with E-state index in [0.29, 0.717) is 6.54 Å². The van der Waals surface area contributed by atoms with Crippen molar-refractivity contribution < 1.29 is 0 Å². The summed E-state index contributed by atoms with van der Waals surface area (Å²) in [5, 5.41) is 0. The molecule has 19 heavy (non-hydrogen) atoms. The van der Waals surface area contributed by atoms with Crippen molar-refractivity contribution in [2.45, 2.75) is 17.6 Å². The second kappa shape index (κ2) is 7.04. The lowest BCUT2D eigenvalue weighted by atomic mass is 10.1. The summed E-state index contributed by atoms with van der Waals surface area (Å²) in [6.45, 7) is 2.51. The van der Waals surface area contributed by atoms with Gasteiger partial charge in [0.05, 0.1) is 6.54 Å². The van der Waals surface area contributed by atoms with Crippen LogP contribution in [0.5, 0.6) is 0 Å². The highest BCUT2D eigenvalue weighted by molar-refractivity contribution is 7.98. The molecule has 2 rings (SSSR count). The monoisotopic (exact) mass is 267 g/mol. The summed E-state index contributed by atoms with van der Waals surface area (Å²) in [5.74, 6) is 6.91. The van der Waals surface area contributed by atoms with Gasteiger partial charge in [-0.15, -0.1) is 11.8 Å². The SMILES string of the molecule is Cc1ccc(SCc2cccc(C#CCN)c2)cc1. The lowest BCUT2D eigenvalue weighted by Gasteiger charge is -2.03. The lowest BCUT2D eigenvalue weighted by molar-refractivity contribution is 1.30. The quantitative estimate of drug-likeness (QED) is 0.679. The van der Waals surface area contributed by atoms with Crippen molar-refractivity contribution in [2.75, 3.05) is 6.54 Å². The Bertz CT molecular complexity index is 591. The molecule has 0 aromatic heterocycles. The molecular weight excluding hydrogens is 250 g/mol. The third-order valence-corrected chi connectivity index (χ3v) is 3.77. The standard InChI is InChI=1S/C17H17NS/c1-14-7-9-17(10-8-14)19-13-16-5-2-4-15(12-16)6-3-11-18/h2,4-5,7-10,12H,11,13,18H2,1H3. The molecule has 0 bridgehead atoms. The van der Waals surface area contributed by atoms with Crippen LogP contribution in [-0.4, -0.2) is 6.54 Å². The fourth-order valence-electron chi connectivity index (χ4n) is 1.69. The van der Waals surface area contributed by atoms with Crippen molar-refractivity contribution in [1.82, 2.24) is 0 Å². The molecule has 0 aliphatic rings. The zero-order chi connectivity index (χ0) is 13.5. The van der Waals surface area contributed by atoms with Gasteiger partial charge in [0.1, 0.15) is 0 Å². The van der Waals surface area contributed by atoms with Gasteiger partial charge >= 0.3 is 0 Å². The summed E-state index contributed by atoms with van der Waals surface area (Å²) in [5.41, 5.74) is 9.00. The van der Waals surface area contributed by atoms with Crippen molar-refractivity contribution in [2.24, 2.45) is 5.73 Å². The predicted molar refractivity (Wildman–Crippen MR) is 83.1 cm³/mol. The Balaban J connectivity index is 2.01. The highest BCUT2D eigenvalue weighted by Crippen LogP contribution is 2.23. The van der Waals surface area contributed by atoms with Crippen LogP contribution < -0.4 is 5.73 Å². The van der Waals surface area contributed by atoms with Crippen LogP contribution in [0.3, 0.4) is 0 Å². The van der Waals surface area contributed by atoms with Gasteiger partial charge in [0.2, 0.25) is 0 Å². The van der Waals surface area contributed by atoms with Gasteiger partial charge in [-0.1, -0.05) is 41.7 Å². The smallest absolute Gasteiger partial charge is 0.0555 e. The highest BCUT2D eigenvalue weighted by Gasteiger charge is 1.97. The Kier molecular flexibility index (Phi) is 5.09. The number of aryl methyl sites for hydroxylation is 1. The van der Waals surface area contributed by atoms with Crippen LogP contribution in [0.1, 0.15) is 16.7 Å². The van der Waals surface area contributed by atoms with Crippen molar-refractivity contribution >= 4 is 11.8 Å². The van der Waals surface area contributed by atoms with Gasteiger partial charge in [0, 0.05) is 16.2 Å². The lowest BCUT2D eigenvalue weighted by Crippen LogP contribution is -1.93. The summed E-state index contributed by atoms with van der Waals surface area (Å²) in [6, 6.07) is 16.9. The molecule has 0 aliphatic heterocycles. The largest absolute Gasteiger partial charge is 0.320 e. The molecule has 2 aromatic rings. The summed E-state index contributed by atoms with van der Waals surface area (Å²) >= 11 is 1.84. The highest BCUT2D eigenvalue weighted by atomic mass is 32.2. The Hall–Kier alpha value is -1.69. The van der Waals surface area contributed by atoms with Crippen LogP contribution in [0.2, 0.25) is 0 Å². The van der Waals surface area contributed by atoms with Gasteiger partial charge in [0.25, 0.3) is 0 Å². The Morgan fingerprint density at radius 1 is 1.11 bits per heavy atom. The zero-order valence-electron chi connectivity index (χ0n) is 11.0. The molecule has 0 fully saturated rings. The van der Waals surface area contributed by atoms with Gasteiger partial charge in [-0.05, 0) is 36.8 Å². The fourth-order valence-corrected chi connectivity index (χ4v) is 2.53. The number of nitrogens with two attached hydrogens (primary N) is 1. The summed E-state index contributed by atoms with van der Waals surface area (Å²) in [7, 11) is 0. The van der Waals surface area contributed by atoms with E-state index in [1.807, 2.05) is 23.9 Å². The second-order valence-corrected chi connectivity index (χ2v) is 5.36. The normalized spacial score (nSPS) is 9.79. The molecule has 0 spiro atoms. The number of benzene rings is 2. The summed E-state index contributed by atoms with van der Waals surface area (Å²) in [4.78, 5) is 1.30. The number of hydrogen-bond donors (Lipinski definition) is 1. The minimum atomic E-state index is 0.405. The topological polar surface area (TPSA) is 26.0 Å². The molecule has 1 nitrogen and oxygen atoms in total. The predicted octanol–water partition coefficient (Wildman–Crippen LogP) is 3.60. The van der Waals surface area contributed by atoms with Crippen molar-refractivity contribution in [1.29, 1.82) is 0 Å². The Labute approximate surface area is 119 Å². The van der Waals surface area contributed by atoms with Crippen molar-refractivity contribution in [3.63, 3.8) is 0 Å². The van der Waals surface area contributed by atoms with E-state index in [9.17, 15) is 0 Å². The van der Waals surface area contributed by atoms with Crippen LogP contribution in [0.4, 0.5) is 0 Å². The Morgan fingerprint density at radius 3 is 2.63 bits per heavy atom. The van der Waals surface area contributed by atoms with Crippen LogP contribution in [0, 0.1) is 18.8 Å². The minimum absolute atomic E-state index is 0.405. The molecule has 96 valence electrons. The van der Waals surface area contributed by atoms with Gasteiger partial charge < -0.3 is 5.73 Å². The summed E-state index contributed by atoms with van der Waals surface area (Å²) < 4.78 is 0. The molecule has 0 saturated carbocycles. The van der Waals surface area contributed by atoms with Crippen LogP contribution in [-0.2, 0) is 5.75 Å². The first-order chi connectivity index (χ1) is 9.28. The van der Waals surface area contributed by atoms with E-state index < -0.39 is 0 Å². The Morgan fingerprint density at radius 2 is 1.89 bits per heavy atom. The maximum atomic E-state index is 5.38. The third kappa shape index (κ3) is 4.48. The maximum Gasteiger partial charge on any atom is 0.0555 e. The van der Waals surface area contributed by atoms with Crippen LogP contribution in [0.25, 0.3) is 0 Å². The van der Waals surface area contributed by atoms with Gasteiger partial charge in [-0.2, -0.15) is 0 Å². The van der Waals surface area contributed by atoms with E-state index in [-0.39, 0.29) is 0 Å². The maximum absolute atomic E-state index is 5.38. The molecule has 2 aromatic carbocycles. The molecule has 0 amide bonds. The number of hydrogen-bond acceptors (Lipinski definition) is 2. The van der Waals surface area contributed by atoms with E-state index in [4.69, 9.17) is 5.73 Å². The van der Waals surface area contributed by atoms with Crippen LogP contribution in [0.15, 0.2) is 53.4 Å². The molecule has 2 N–H and O–H groups in total. The number of thioether (sulfide) groups is 1. The minimum Gasteiger partial charge on any atom is -0.320 e. The summed E-state index contributed by atoms with van der Waals surface area (Å²) in [6.07, 6.45) is 0. The molecule has 0 heterocycles. The molecule has 2 heteroatoms. The first-order valence-electron chi connectivity index (χ1n) is 6.25. The fraction of sp³-hybridized carbons (Fsp3) is 0.176. The van der Waals surface area contributed by atoms with Gasteiger partial charge in [0.15, 0.2) is 0 Å². The molecule has 0 saturated heterocycles. The van der Waals surface area contributed by atoms with E-state index in [1.165, 1.54) is 16.0 Å². The molecule has 0 unspecified atom stereocenters. The van der Waals surface area contributed by atoms with Crippen molar-refractivity contribution in [3.8, 4) is 11.8 Å². The average molecular weight is 267 g/mol.